The predicted octanol–water partition coefficient (Wildman–Crippen LogP) is 2.61. The lowest BCUT2D eigenvalue weighted by atomic mass is 9.93. The number of thioether (sulfide) groups is 1. The molecular weight excluding hydrogens is 252 g/mol. The van der Waals surface area contributed by atoms with E-state index in [9.17, 15) is 0 Å². The quantitative estimate of drug-likeness (QED) is 0.609. The summed E-state index contributed by atoms with van der Waals surface area (Å²) in [5.74, 6) is 0.986. The largest absolute Gasteiger partial charge is 0.302 e. The Kier molecular flexibility index (Phi) is 5.89. The fourth-order valence-corrected chi connectivity index (χ4v) is 3.36. The van der Waals surface area contributed by atoms with Gasteiger partial charge in [-0.05, 0) is 33.2 Å². The highest BCUT2D eigenvalue weighted by atomic mass is 32.2. The van der Waals surface area contributed by atoms with Gasteiger partial charge >= 0.3 is 0 Å². The summed E-state index contributed by atoms with van der Waals surface area (Å²) >= 11 is 3.34. The van der Waals surface area contributed by atoms with E-state index in [2.05, 4.69) is 21.6 Å². The molecule has 0 saturated heterocycles. The van der Waals surface area contributed by atoms with E-state index in [-0.39, 0.29) is 5.54 Å². The Hall–Kier alpha value is -0.640. The van der Waals surface area contributed by atoms with E-state index in [1.54, 1.807) is 23.1 Å². The van der Waals surface area contributed by atoms with Gasteiger partial charge in [0.15, 0.2) is 4.34 Å². The van der Waals surface area contributed by atoms with E-state index in [4.69, 9.17) is 5.26 Å². The first-order valence-electron chi connectivity index (χ1n) is 5.69. The Bertz CT molecular complexity index is 379. The lowest BCUT2D eigenvalue weighted by Gasteiger charge is -2.23. The lowest BCUT2D eigenvalue weighted by molar-refractivity contribution is 0.400. The summed E-state index contributed by atoms with van der Waals surface area (Å²) in [6.07, 6.45) is 2.72. The van der Waals surface area contributed by atoms with E-state index >= 15 is 0 Å². The number of nitrogens with zero attached hydrogens (tertiary/aromatic N) is 3. The van der Waals surface area contributed by atoms with Gasteiger partial charge in [-0.15, -0.1) is 10.2 Å². The first-order valence-corrected chi connectivity index (χ1v) is 7.49. The minimum absolute atomic E-state index is 0.363. The zero-order valence-electron chi connectivity index (χ0n) is 10.5. The van der Waals surface area contributed by atoms with Crippen molar-refractivity contribution in [3.63, 3.8) is 0 Å². The molecule has 0 saturated carbocycles. The fourth-order valence-electron chi connectivity index (χ4n) is 1.54. The SMILES string of the molecule is CCC(C#N)(CCCSc1nnc(C)s1)NC. The van der Waals surface area contributed by atoms with Crippen LogP contribution in [0.5, 0.6) is 0 Å². The van der Waals surface area contributed by atoms with Gasteiger partial charge in [0, 0.05) is 5.75 Å². The number of hydrogen-bond acceptors (Lipinski definition) is 6. The molecule has 1 atom stereocenters. The fraction of sp³-hybridized carbons (Fsp3) is 0.727. The Morgan fingerprint density at radius 3 is 2.76 bits per heavy atom. The molecule has 0 amide bonds. The minimum atomic E-state index is -0.363. The van der Waals surface area contributed by atoms with Gasteiger partial charge in [0.05, 0.1) is 6.07 Å². The number of hydrogen-bond donors (Lipinski definition) is 1. The smallest absolute Gasteiger partial charge is 0.174 e. The summed E-state index contributed by atoms with van der Waals surface area (Å²) in [7, 11) is 1.86. The molecule has 0 bridgehead atoms. The molecule has 17 heavy (non-hydrogen) atoms. The van der Waals surface area contributed by atoms with Crippen molar-refractivity contribution in [3.8, 4) is 6.07 Å². The average Bonchev–Trinajstić information content (AvgIpc) is 2.76. The molecule has 1 heterocycles. The summed E-state index contributed by atoms with van der Waals surface area (Å²) in [5, 5.41) is 21.3. The maximum atomic E-state index is 9.16. The van der Waals surface area contributed by atoms with Crippen molar-refractivity contribution in [2.45, 2.75) is 43.0 Å². The van der Waals surface area contributed by atoms with Gasteiger partial charge in [-0.2, -0.15) is 5.26 Å². The second-order valence-corrected chi connectivity index (χ2v) is 6.36. The highest BCUT2D eigenvalue weighted by Crippen LogP contribution is 2.24. The van der Waals surface area contributed by atoms with Gasteiger partial charge in [-0.3, -0.25) is 0 Å². The molecule has 1 unspecified atom stereocenters. The number of nitrogens with one attached hydrogen (secondary N) is 1. The molecule has 94 valence electrons. The first-order chi connectivity index (χ1) is 8.15. The molecule has 4 nitrogen and oxygen atoms in total. The summed E-state index contributed by atoms with van der Waals surface area (Å²) in [6, 6.07) is 2.37. The summed E-state index contributed by atoms with van der Waals surface area (Å²) in [4.78, 5) is 0. The Morgan fingerprint density at radius 2 is 2.29 bits per heavy atom. The molecule has 1 aromatic rings. The van der Waals surface area contributed by atoms with E-state index < -0.39 is 0 Å². The number of rotatable bonds is 7. The van der Waals surface area contributed by atoms with E-state index in [0.29, 0.717) is 0 Å². The Labute approximate surface area is 111 Å². The molecular formula is C11H18N4S2. The number of aromatic nitrogens is 2. The van der Waals surface area contributed by atoms with Crippen LogP contribution in [0.1, 0.15) is 31.2 Å². The zero-order chi connectivity index (χ0) is 12.7. The summed E-state index contributed by atoms with van der Waals surface area (Å²) < 4.78 is 1.02. The second-order valence-electron chi connectivity index (χ2n) is 3.84. The molecule has 0 fully saturated rings. The number of aryl methyl sites for hydroxylation is 1. The van der Waals surface area contributed by atoms with Crippen LogP contribution in [-0.2, 0) is 0 Å². The topological polar surface area (TPSA) is 61.6 Å². The normalized spacial score (nSPS) is 14.2. The van der Waals surface area contributed by atoms with Crippen molar-refractivity contribution < 1.29 is 0 Å². The van der Waals surface area contributed by atoms with E-state index in [1.807, 2.05) is 20.9 Å². The van der Waals surface area contributed by atoms with E-state index in [1.165, 1.54) is 0 Å². The maximum absolute atomic E-state index is 9.16. The summed E-state index contributed by atoms with van der Waals surface area (Å²) in [6.45, 7) is 4.00. The van der Waals surface area contributed by atoms with Gasteiger partial charge in [-0.25, -0.2) is 0 Å². The number of nitriles is 1. The van der Waals surface area contributed by atoms with Gasteiger partial charge in [0.2, 0.25) is 0 Å². The van der Waals surface area contributed by atoms with Gasteiger partial charge in [0.1, 0.15) is 10.5 Å². The van der Waals surface area contributed by atoms with Crippen LogP contribution in [0.3, 0.4) is 0 Å². The average molecular weight is 270 g/mol. The third-order valence-electron chi connectivity index (χ3n) is 2.78. The molecule has 1 rings (SSSR count). The molecule has 1 N–H and O–H groups in total. The molecule has 0 aliphatic carbocycles. The molecule has 0 aromatic carbocycles. The van der Waals surface area contributed by atoms with Crippen LogP contribution in [0.2, 0.25) is 0 Å². The second kappa shape index (κ2) is 6.94. The van der Waals surface area contributed by atoms with Crippen LogP contribution >= 0.6 is 23.1 Å². The molecule has 6 heteroatoms. The van der Waals surface area contributed by atoms with Crippen LogP contribution in [0, 0.1) is 18.3 Å². The van der Waals surface area contributed by atoms with Gasteiger partial charge in [-0.1, -0.05) is 30.0 Å². The Morgan fingerprint density at radius 1 is 1.53 bits per heavy atom. The first kappa shape index (κ1) is 14.4. The molecule has 1 aromatic heterocycles. The van der Waals surface area contributed by atoms with Gasteiger partial charge < -0.3 is 5.32 Å². The third kappa shape index (κ3) is 4.26. The predicted molar refractivity (Wildman–Crippen MR) is 72.3 cm³/mol. The van der Waals surface area contributed by atoms with Crippen molar-refractivity contribution >= 4 is 23.1 Å². The Balaban J connectivity index is 2.30. The van der Waals surface area contributed by atoms with Crippen molar-refractivity contribution in [2.24, 2.45) is 0 Å². The van der Waals surface area contributed by atoms with Crippen LogP contribution < -0.4 is 5.32 Å². The van der Waals surface area contributed by atoms with Crippen molar-refractivity contribution in [2.75, 3.05) is 12.8 Å². The van der Waals surface area contributed by atoms with Crippen molar-refractivity contribution in [3.05, 3.63) is 5.01 Å². The standard InChI is InChI=1S/C11H18N4S2/c1-4-11(8-12,13-3)6-5-7-16-10-15-14-9(2)17-10/h13H,4-7H2,1-3H3. The lowest BCUT2D eigenvalue weighted by Crippen LogP contribution is -2.40. The van der Waals surface area contributed by atoms with Crippen LogP contribution in [0.25, 0.3) is 0 Å². The highest BCUT2D eigenvalue weighted by Gasteiger charge is 2.24. The highest BCUT2D eigenvalue weighted by molar-refractivity contribution is 8.01. The van der Waals surface area contributed by atoms with E-state index in [0.717, 1.165) is 34.4 Å². The third-order valence-corrected chi connectivity index (χ3v) is 4.84. The van der Waals surface area contributed by atoms with Crippen LogP contribution in [0.15, 0.2) is 4.34 Å². The van der Waals surface area contributed by atoms with Crippen molar-refractivity contribution in [1.82, 2.24) is 15.5 Å². The van der Waals surface area contributed by atoms with Crippen molar-refractivity contribution in [1.29, 1.82) is 5.26 Å². The maximum Gasteiger partial charge on any atom is 0.174 e. The monoisotopic (exact) mass is 270 g/mol. The molecule has 0 spiro atoms. The van der Waals surface area contributed by atoms with Gasteiger partial charge in [0.25, 0.3) is 0 Å². The van der Waals surface area contributed by atoms with Crippen LogP contribution in [-0.4, -0.2) is 28.5 Å². The molecule has 0 aliphatic rings. The molecule has 0 aliphatic heterocycles. The minimum Gasteiger partial charge on any atom is -0.302 e. The summed E-state index contributed by atoms with van der Waals surface area (Å²) in [5.41, 5.74) is -0.363. The zero-order valence-corrected chi connectivity index (χ0v) is 12.1. The molecule has 0 radical (unpaired) electrons. The van der Waals surface area contributed by atoms with Crippen LogP contribution in [0.4, 0.5) is 0 Å².